The lowest BCUT2D eigenvalue weighted by Crippen LogP contribution is -2.23. The second-order valence-corrected chi connectivity index (χ2v) is 6.21. The molecular formula is C22H25NO8. The molecule has 0 aliphatic carbocycles. The summed E-state index contributed by atoms with van der Waals surface area (Å²) in [7, 11) is 4.39. The normalized spacial score (nSPS) is 10.1. The predicted molar refractivity (Wildman–Crippen MR) is 112 cm³/mol. The van der Waals surface area contributed by atoms with Gasteiger partial charge in [-0.05, 0) is 24.3 Å². The number of benzene rings is 2. The van der Waals surface area contributed by atoms with Gasteiger partial charge in [-0.25, -0.2) is 4.79 Å². The molecule has 31 heavy (non-hydrogen) atoms. The van der Waals surface area contributed by atoms with Gasteiger partial charge >= 0.3 is 5.97 Å². The average Bonchev–Trinajstić information content (AvgIpc) is 2.80. The Kier molecular flexibility index (Phi) is 8.68. The van der Waals surface area contributed by atoms with E-state index in [2.05, 4.69) is 5.32 Å². The van der Waals surface area contributed by atoms with E-state index in [0.717, 1.165) is 0 Å². The summed E-state index contributed by atoms with van der Waals surface area (Å²) >= 11 is 0. The summed E-state index contributed by atoms with van der Waals surface area (Å²) in [5.41, 5.74) is 0.953. The first kappa shape index (κ1) is 23.5. The molecule has 0 spiro atoms. The van der Waals surface area contributed by atoms with Gasteiger partial charge in [0.15, 0.2) is 30.5 Å². The predicted octanol–water partition coefficient (Wildman–Crippen LogP) is 2.87. The van der Waals surface area contributed by atoms with Crippen molar-refractivity contribution < 1.29 is 38.1 Å². The number of rotatable bonds is 11. The highest BCUT2D eigenvalue weighted by molar-refractivity contribution is 5.96. The third kappa shape index (κ3) is 6.63. The van der Waals surface area contributed by atoms with Crippen LogP contribution in [0.2, 0.25) is 0 Å². The maximum atomic E-state index is 12.1. The summed E-state index contributed by atoms with van der Waals surface area (Å²) in [4.78, 5) is 35.5. The number of anilines is 1. The first-order valence-corrected chi connectivity index (χ1v) is 9.43. The van der Waals surface area contributed by atoms with Crippen LogP contribution in [0.3, 0.4) is 0 Å². The molecule has 2 aromatic carbocycles. The van der Waals surface area contributed by atoms with Crippen LogP contribution < -0.4 is 24.3 Å². The van der Waals surface area contributed by atoms with E-state index in [1.807, 2.05) is 0 Å². The van der Waals surface area contributed by atoms with Gasteiger partial charge in [-0.2, -0.15) is 0 Å². The molecule has 2 aromatic rings. The van der Waals surface area contributed by atoms with Gasteiger partial charge in [-0.15, -0.1) is 0 Å². The Labute approximate surface area is 180 Å². The average molecular weight is 431 g/mol. The largest absolute Gasteiger partial charge is 0.493 e. The quantitative estimate of drug-likeness (QED) is 0.427. The van der Waals surface area contributed by atoms with Crippen molar-refractivity contribution in [1.29, 1.82) is 0 Å². The molecule has 0 heterocycles. The fourth-order valence-electron chi connectivity index (χ4n) is 2.62. The van der Waals surface area contributed by atoms with Crippen molar-refractivity contribution in [2.75, 3.05) is 39.9 Å². The number of Topliss-reactive ketones (excluding diaryl/α,β-unsaturated/α-hetero) is 1. The monoisotopic (exact) mass is 431 g/mol. The van der Waals surface area contributed by atoms with E-state index in [-0.39, 0.29) is 12.4 Å². The Balaban J connectivity index is 1.84. The molecule has 1 N–H and O–H groups in total. The molecule has 9 heteroatoms. The molecule has 9 nitrogen and oxygen atoms in total. The topological polar surface area (TPSA) is 109 Å². The second-order valence-electron chi connectivity index (χ2n) is 6.21. The van der Waals surface area contributed by atoms with Crippen LogP contribution in [0, 0.1) is 0 Å². The molecule has 0 bridgehead atoms. The lowest BCUT2D eigenvalue weighted by molar-refractivity contribution is -0.149. The van der Waals surface area contributed by atoms with Crippen LogP contribution in [0.5, 0.6) is 23.0 Å². The van der Waals surface area contributed by atoms with Crippen LogP contribution in [0.4, 0.5) is 5.69 Å². The number of nitrogens with one attached hydrogen (secondary N) is 1. The third-order valence-corrected chi connectivity index (χ3v) is 4.17. The van der Waals surface area contributed by atoms with Crippen molar-refractivity contribution in [3.05, 3.63) is 42.0 Å². The van der Waals surface area contributed by atoms with Crippen molar-refractivity contribution >= 4 is 23.3 Å². The van der Waals surface area contributed by atoms with Gasteiger partial charge < -0.3 is 29.0 Å². The number of carbonyl (C=O) groups is 3. The van der Waals surface area contributed by atoms with Crippen LogP contribution in [-0.2, 0) is 14.3 Å². The minimum absolute atomic E-state index is 0.0177. The molecule has 0 aliphatic rings. The van der Waals surface area contributed by atoms with Crippen molar-refractivity contribution in [3.63, 3.8) is 0 Å². The van der Waals surface area contributed by atoms with Gasteiger partial charge in [-0.1, -0.05) is 6.92 Å². The number of hydrogen-bond donors (Lipinski definition) is 1. The summed E-state index contributed by atoms with van der Waals surface area (Å²) in [5, 5.41) is 2.59. The highest BCUT2D eigenvalue weighted by atomic mass is 16.6. The SMILES string of the molecule is CCC(=O)c1ccc(OCC(=O)OCC(=O)Nc2cc(OC)c(OC)c(OC)c2)cc1. The van der Waals surface area contributed by atoms with Crippen LogP contribution in [-0.4, -0.2) is 52.2 Å². The van der Waals surface area contributed by atoms with E-state index < -0.39 is 18.5 Å². The third-order valence-electron chi connectivity index (χ3n) is 4.17. The molecule has 0 aromatic heterocycles. The van der Waals surface area contributed by atoms with Gasteiger partial charge in [0.2, 0.25) is 5.75 Å². The summed E-state index contributed by atoms with van der Waals surface area (Å²) in [6.07, 6.45) is 0.407. The molecule has 1 amide bonds. The summed E-state index contributed by atoms with van der Waals surface area (Å²) < 4.78 is 25.9. The minimum atomic E-state index is -0.714. The van der Waals surface area contributed by atoms with Gasteiger partial charge in [0.1, 0.15) is 5.75 Å². The number of ketones is 1. The van der Waals surface area contributed by atoms with Crippen LogP contribution in [0.1, 0.15) is 23.7 Å². The van der Waals surface area contributed by atoms with Crippen molar-refractivity contribution in [2.45, 2.75) is 13.3 Å². The van der Waals surface area contributed by atoms with Crippen LogP contribution in [0.25, 0.3) is 0 Å². The van der Waals surface area contributed by atoms with Gasteiger partial charge in [0.05, 0.1) is 21.3 Å². The Morgan fingerprint density at radius 3 is 2.00 bits per heavy atom. The zero-order chi connectivity index (χ0) is 22.8. The highest BCUT2D eigenvalue weighted by Gasteiger charge is 2.15. The Bertz CT molecular complexity index is 899. The Morgan fingerprint density at radius 1 is 0.871 bits per heavy atom. The fourth-order valence-corrected chi connectivity index (χ4v) is 2.62. The van der Waals surface area contributed by atoms with Crippen LogP contribution >= 0.6 is 0 Å². The van der Waals surface area contributed by atoms with E-state index in [4.69, 9.17) is 23.7 Å². The number of esters is 1. The molecule has 0 fully saturated rings. The van der Waals surface area contributed by atoms with Crippen LogP contribution in [0.15, 0.2) is 36.4 Å². The summed E-state index contributed by atoms with van der Waals surface area (Å²) in [6.45, 7) is 0.905. The molecule has 2 rings (SSSR count). The number of amides is 1. The molecule has 0 atom stereocenters. The van der Waals surface area contributed by atoms with E-state index >= 15 is 0 Å². The fraction of sp³-hybridized carbons (Fsp3) is 0.318. The smallest absolute Gasteiger partial charge is 0.344 e. The number of carbonyl (C=O) groups excluding carboxylic acids is 3. The van der Waals surface area contributed by atoms with E-state index in [1.54, 1.807) is 43.3 Å². The minimum Gasteiger partial charge on any atom is -0.493 e. The lowest BCUT2D eigenvalue weighted by Gasteiger charge is -2.14. The molecule has 0 aliphatic heterocycles. The zero-order valence-corrected chi connectivity index (χ0v) is 17.9. The molecule has 166 valence electrons. The van der Waals surface area contributed by atoms with Crippen molar-refractivity contribution in [3.8, 4) is 23.0 Å². The van der Waals surface area contributed by atoms with Gasteiger partial charge in [0.25, 0.3) is 5.91 Å². The first-order valence-electron chi connectivity index (χ1n) is 9.43. The summed E-state index contributed by atoms with van der Waals surface area (Å²) in [5.74, 6) is 0.288. The maximum absolute atomic E-state index is 12.1. The van der Waals surface area contributed by atoms with Gasteiger partial charge in [0, 0.05) is 29.8 Å². The van der Waals surface area contributed by atoms with E-state index in [0.29, 0.717) is 40.7 Å². The summed E-state index contributed by atoms with van der Waals surface area (Å²) in [6, 6.07) is 9.53. The molecule has 0 saturated carbocycles. The molecule has 0 saturated heterocycles. The number of hydrogen-bond acceptors (Lipinski definition) is 8. The maximum Gasteiger partial charge on any atom is 0.344 e. The first-order chi connectivity index (χ1) is 14.9. The molecule has 0 radical (unpaired) electrons. The van der Waals surface area contributed by atoms with E-state index in [9.17, 15) is 14.4 Å². The number of methoxy groups -OCH3 is 3. The Morgan fingerprint density at radius 2 is 1.48 bits per heavy atom. The standard InChI is InChI=1S/C22H25NO8/c1-5-17(24)14-6-8-16(9-7-14)30-13-21(26)31-12-20(25)23-15-10-18(27-2)22(29-4)19(11-15)28-3/h6-11H,5,12-13H2,1-4H3,(H,23,25). The highest BCUT2D eigenvalue weighted by Crippen LogP contribution is 2.39. The Hall–Kier alpha value is -3.75. The van der Waals surface area contributed by atoms with Crippen molar-refractivity contribution in [1.82, 2.24) is 0 Å². The zero-order valence-electron chi connectivity index (χ0n) is 17.9. The number of ether oxygens (including phenoxy) is 5. The lowest BCUT2D eigenvalue weighted by atomic mass is 10.1. The van der Waals surface area contributed by atoms with E-state index in [1.165, 1.54) is 21.3 Å². The van der Waals surface area contributed by atoms with Crippen molar-refractivity contribution in [2.24, 2.45) is 0 Å². The molecule has 0 unspecified atom stereocenters. The van der Waals surface area contributed by atoms with Gasteiger partial charge in [-0.3, -0.25) is 9.59 Å². The second kappa shape index (κ2) is 11.4. The molecular weight excluding hydrogens is 406 g/mol.